The van der Waals surface area contributed by atoms with E-state index in [2.05, 4.69) is 40.2 Å². The van der Waals surface area contributed by atoms with Gasteiger partial charge in [-0.05, 0) is 23.3 Å². The average molecular weight is 359 g/mol. The van der Waals surface area contributed by atoms with Gasteiger partial charge in [0, 0.05) is 17.9 Å². The largest absolute Gasteiger partial charge is 0.328 e. The number of terminal acetylenes is 1. The number of H-pyrrole nitrogens is 1. The molecule has 0 aliphatic rings. The van der Waals surface area contributed by atoms with Crippen molar-refractivity contribution in [2.45, 2.75) is 29.4 Å². The van der Waals surface area contributed by atoms with E-state index in [4.69, 9.17) is 16.8 Å². The van der Waals surface area contributed by atoms with E-state index in [1.807, 2.05) is 22.8 Å². The van der Waals surface area contributed by atoms with Crippen LogP contribution < -0.4 is 5.49 Å². The first kappa shape index (κ1) is 16.4. The Morgan fingerprint density at radius 3 is 2.92 bits per heavy atom. The monoisotopic (exact) mass is 359 g/mol. The van der Waals surface area contributed by atoms with E-state index >= 15 is 0 Å². The summed E-state index contributed by atoms with van der Waals surface area (Å²) in [6.07, 6.45) is 8.56. The van der Waals surface area contributed by atoms with Gasteiger partial charge >= 0.3 is 0 Å². The Balaban J connectivity index is 1.73. The molecule has 0 saturated carbocycles. The Morgan fingerprint density at radius 1 is 1.19 bits per heavy atom. The number of aromatic amines is 1. The second kappa shape index (κ2) is 7.06. The van der Waals surface area contributed by atoms with Crippen LogP contribution in [0.15, 0.2) is 58.8 Å². The van der Waals surface area contributed by atoms with Gasteiger partial charge in [-0.25, -0.2) is 9.97 Å². The quantitative estimate of drug-likeness (QED) is 0.419. The third-order valence-corrected chi connectivity index (χ3v) is 5.14. The lowest BCUT2D eigenvalue weighted by Gasteiger charge is -2.04. The number of nitrogens with zero attached hydrogens (tertiary/aromatic N) is 3. The van der Waals surface area contributed by atoms with E-state index in [1.165, 1.54) is 10.8 Å². The zero-order valence-corrected chi connectivity index (χ0v) is 14.9. The van der Waals surface area contributed by atoms with Gasteiger partial charge in [0.05, 0.1) is 6.33 Å². The molecule has 0 radical (unpaired) electrons. The van der Waals surface area contributed by atoms with Crippen molar-refractivity contribution in [2.24, 2.45) is 0 Å². The lowest BCUT2D eigenvalue weighted by atomic mass is 10.1. The van der Waals surface area contributed by atoms with Gasteiger partial charge in [0.25, 0.3) is 0 Å². The molecule has 4 aromatic rings. The Labute approximate surface area is 155 Å². The standard InChI is InChI=1S/C20H17N5S/c1-2-3-6-12-25-13-22-18(21)17-19(25)24-20(23-17)26-16-11-7-9-14-8-4-5-10-15(14)16/h1,4-5,7-11,13,21H,3,6,12H2,(H,23,24). The van der Waals surface area contributed by atoms with Gasteiger partial charge in [-0.15, -0.1) is 12.3 Å². The summed E-state index contributed by atoms with van der Waals surface area (Å²) in [6, 6.07) is 14.5. The Kier molecular flexibility index (Phi) is 4.46. The van der Waals surface area contributed by atoms with E-state index in [1.54, 1.807) is 18.1 Å². The number of aryl methyl sites for hydroxylation is 1. The summed E-state index contributed by atoms with van der Waals surface area (Å²) in [5, 5.41) is 11.2. The minimum atomic E-state index is 0.200. The van der Waals surface area contributed by atoms with Crippen LogP contribution in [0.2, 0.25) is 0 Å². The smallest absolute Gasteiger partial charge is 0.173 e. The predicted molar refractivity (Wildman–Crippen MR) is 104 cm³/mol. The van der Waals surface area contributed by atoms with Gasteiger partial charge in [0.2, 0.25) is 0 Å². The van der Waals surface area contributed by atoms with Crippen LogP contribution in [0.3, 0.4) is 0 Å². The molecule has 5 nitrogen and oxygen atoms in total. The zero-order chi connectivity index (χ0) is 17.9. The van der Waals surface area contributed by atoms with Crippen LogP contribution in [0, 0.1) is 17.8 Å². The molecule has 2 N–H and O–H groups in total. The molecule has 0 fully saturated rings. The lowest BCUT2D eigenvalue weighted by molar-refractivity contribution is 0.653. The minimum absolute atomic E-state index is 0.200. The molecule has 26 heavy (non-hydrogen) atoms. The highest BCUT2D eigenvalue weighted by atomic mass is 32.2. The zero-order valence-electron chi connectivity index (χ0n) is 14.1. The second-order valence-electron chi connectivity index (χ2n) is 5.91. The minimum Gasteiger partial charge on any atom is -0.328 e. The van der Waals surface area contributed by atoms with E-state index in [9.17, 15) is 0 Å². The van der Waals surface area contributed by atoms with Crippen LogP contribution in [0.4, 0.5) is 0 Å². The highest BCUT2D eigenvalue weighted by Gasteiger charge is 2.11. The van der Waals surface area contributed by atoms with Crippen molar-refractivity contribution in [2.75, 3.05) is 0 Å². The Morgan fingerprint density at radius 2 is 2.04 bits per heavy atom. The first-order valence-electron chi connectivity index (χ1n) is 8.35. The summed E-state index contributed by atoms with van der Waals surface area (Å²) < 4.78 is 1.95. The van der Waals surface area contributed by atoms with Crippen molar-refractivity contribution in [3.8, 4) is 12.3 Å². The molecule has 2 heterocycles. The summed E-state index contributed by atoms with van der Waals surface area (Å²) in [5.41, 5.74) is 1.59. The van der Waals surface area contributed by atoms with Crippen molar-refractivity contribution in [3.63, 3.8) is 0 Å². The Hall–Kier alpha value is -3.04. The number of hydrogen-bond acceptors (Lipinski definition) is 4. The highest BCUT2D eigenvalue weighted by molar-refractivity contribution is 7.99. The topological polar surface area (TPSA) is 70.3 Å². The normalized spacial score (nSPS) is 11.0. The molecule has 128 valence electrons. The summed E-state index contributed by atoms with van der Waals surface area (Å²) >= 11 is 1.57. The molecule has 4 rings (SSSR count). The average Bonchev–Trinajstić information content (AvgIpc) is 3.09. The molecule has 0 amide bonds. The maximum atomic E-state index is 8.06. The Bertz CT molecular complexity index is 1180. The molecule has 0 bridgehead atoms. The number of fused-ring (bicyclic) bond motifs is 2. The second-order valence-corrected chi connectivity index (χ2v) is 6.94. The molecular formula is C20H17N5S. The number of benzene rings is 2. The van der Waals surface area contributed by atoms with Crippen molar-refractivity contribution < 1.29 is 0 Å². The number of imidazole rings is 1. The fourth-order valence-electron chi connectivity index (χ4n) is 2.91. The van der Waals surface area contributed by atoms with Crippen molar-refractivity contribution in [3.05, 3.63) is 54.3 Å². The third kappa shape index (κ3) is 3.09. The van der Waals surface area contributed by atoms with Crippen molar-refractivity contribution in [1.29, 1.82) is 5.41 Å². The molecule has 0 unspecified atom stereocenters. The first-order chi connectivity index (χ1) is 12.8. The molecule has 0 aliphatic carbocycles. The number of aromatic nitrogens is 4. The third-order valence-electron chi connectivity index (χ3n) is 4.17. The number of rotatable bonds is 5. The van der Waals surface area contributed by atoms with E-state index < -0.39 is 0 Å². The summed E-state index contributed by atoms with van der Waals surface area (Å²) in [4.78, 5) is 13.2. The van der Waals surface area contributed by atoms with E-state index in [0.29, 0.717) is 11.9 Å². The number of unbranched alkanes of at least 4 members (excludes halogenated alkanes) is 1. The maximum Gasteiger partial charge on any atom is 0.173 e. The summed E-state index contributed by atoms with van der Waals surface area (Å²) in [7, 11) is 0. The SMILES string of the molecule is C#CCCCn1cnc(=N)c2[nH]c(Sc3cccc4ccccc34)nc21. The molecule has 0 spiro atoms. The van der Waals surface area contributed by atoms with Gasteiger partial charge in [0.1, 0.15) is 5.52 Å². The van der Waals surface area contributed by atoms with Crippen LogP contribution in [-0.4, -0.2) is 19.5 Å². The van der Waals surface area contributed by atoms with Gasteiger partial charge in [-0.1, -0.05) is 48.2 Å². The number of hydrogen-bond donors (Lipinski definition) is 2. The predicted octanol–water partition coefficient (Wildman–Crippen LogP) is 3.96. The fraction of sp³-hybridized carbons (Fsp3) is 0.150. The maximum absolute atomic E-state index is 8.06. The van der Waals surface area contributed by atoms with Gasteiger partial charge < -0.3 is 9.55 Å². The number of nitrogens with one attached hydrogen (secondary N) is 2. The molecule has 0 aliphatic heterocycles. The lowest BCUT2D eigenvalue weighted by Crippen LogP contribution is -2.12. The van der Waals surface area contributed by atoms with Crippen LogP contribution in [0.5, 0.6) is 0 Å². The summed E-state index contributed by atoms with van der Waals surface area (Å²) in [5.74, 6) is 2.65. The van der Waals surface area contributed by atoms with Crippen molar-refractivity contribution >= 4 is 33.7 Å². The van der Waals surface area contributed by atoms with Crippen LogP contribution in [0.25, 0.3) is 21.9 Å². The van der Waals surface area contributed by atoms with Gasteiger partial charge in [-0.2, -0.15) is 0 Å². The van der Waals surface area contributed by atoms with Crippen LogP contribution in [0.1, 0.15) is 12.8 Å². The molecule has 0 saturated heterocycles. The highest BCUT2D eigenvalue weighted by Crippen LogP contribution is 2.32. The van der Waals surface area contributed by atoms with Gasteiger partial charge in [0.15, 0.2) is 16.3 Å². The van der Waals surface area contributed by atoms with E-state index in [0.717, 1.165) is 28.7 Å². The van der Waals surface area contributed by atoms with Gasteiger partial charge in [-0.3, -0.25) is 5.41 Å². The van der Waals surface area contributed by atoms with Crippen LogP contribution >= 0.6 is 11.8 Å². The van der Waals surface area contributed by atoms with Crippen molar-refractivity contribution in [1.82, 2.24) is 19.5 Å². The summed E-state index contributed by atoms with van der Waals surface area (Å²) in [6.45, 7) is 0.733. The fourth-order valence-corrected chi connectivity index (χ4v) is 3.85. The molecule has 0 atom stereocenters. The molecule has 2 aromatic carbocycles. The molecule has 2 aromatic heterocycles. The van der Waals surface area contributed by atoms with Crippen LogP contribution in [-0.2, 0) is 6.54 Å². The van der Waals surface area contributed by atoms with E-state index in [-0.39, 0.29) is 5.49 Å². The first-order valence-corrected chi connectivity index (χ1v) is 9.17. The molecule has 6 heteroatoms. The molecular weight excluding hydrogens is 342 g/mol.